The lowest BCUT2D eigenvalue weighted by atomic mass is 9.79. The van der Waals surface area contributed by atoms with Crippen molar-refractivity contribution in [1.29, 1.82) is 0 Å². The zero-order chi connectivity index (χ0) is 10.9. The molecule has 1 spiro atoms. The smallest absolute Gasteiger partial charge is 0.176 e. The highest BCUT2D eigenvalue weighted by Gasteiger charge is 2.53. The van der Waals surface area contributed by atoms with Gasteiger partial charge in [-0.05, 0) is 6.42 Å². The number of methoxy groups -OCH3 is 1. The van der Waals surface area contributed by atoms with Crippen molar-refractivity contribution < 1.29 is 24.4 Å². The standard InChI is InChI=1S/C10H18O5/c1-13-9-7(6-11)10(3-2-8(9)12)14-4-5-15-10/h7-9,11-12H,2-6H2,1H3/t7-,8+,9-/m0/s1. The Morgan fingerprint density at radius 2 is 2.07 bits per heavy atom. The molecule has 0 aromatic carbocycles. The highest BCUT2D eigenvalue weighted by molar-refractivity contribution is 4.96. The number of aliphatic hydroxyl groups excluding tert-OH is 2. The first-order chi connectivity index (χ1) is 7.23. The highest BCUT2D eigenvalue weighted by atomic mass is 16.7. The second-order valence-electron chi connectivity index (χ2n) is 4.10. The minimum absolute atomic E-state index is 0.102. The molecule has 1 aliphatic heterocycles. The van der Waals surface area contributed by atoms with Crippen molar-refractivity contribution in [1.82, 2.24) is 0 Å². The maximum absolute atomic E-state index is 9.77. The van der Waals surface area contributed by atoms with Gasteiger partial charge in [-0.15, -0.1) is 0 Å². The molecule has 3 atom stereocenters. The summed E-state index contributed by atoms with van der Waals surface area (Å²) in [6.45, 7) is 0.988. The Morgan fingerprint density at radius 1 is 1.40 bits per heavy atom. The predicted octanol–water partition coefficient (Wildman–Crippen LogP) is -0.492. The third kappa shape index (κ3) is 1.79. The summed E-state index contributed by atoms with van der Waals surface area (Å²) in [7, 11) is 1.53. The monoisotopic (exact) mass is 218 g/mol. The van der Waals surface area contributed by atoms with Crippen LogP contribution in [0, 0.1) is 5.92 Å². The van der Waals surface area contributed by atoms with Gasteiger partial charge in [0.1, 0.15) is 0 Å². The third-order valence-electron chi connectivity index (χ3n) is 3.37. The van der Waals surface area contributed by atoms with Gasteiger partial charge in [-0.25, -0.2) is 0 Å². The summed E-state index contributed by atoms with van der Waals surface area (Å²) in [4.78, 5) is 0. The SMILES string of the molecule is CO[C@@H]1[C@H](O)CCC2(OCCO2)[C@H]1CO. The van der Waals surface area contributed by atoms with E-state index in [1.165, 1.54) is 7.11 Å². The van der Waals surface area contributed by atoms with Gasteiger partial charge in [-0.2, -0.15) is 0 Å². The molecule has 0 bridgehead atoms. The van der Waals surface area contributed by atoms with Crippen molar-refractivity contribution >= 4 is 0 Å². The summed E-state index contributed by atoms with van der Waals surface area (Å²) in [6.07, 6.45) is 0.223. The van der Waals surface area contributed by atoms with E-state index in [1.54, 1.807) is 0 Å². The van der Waals surface area contributed by atoms with Crippen LogP contribution >= 0.6 is 0 Å². The molecular weight excluding hydrogens is 200 g/mol. The Labute approximate surface area is 88.9 Å². The fourth-order valence-electron chi connectivity index (χ4n) is 2.61. The minimum Gasteiger partial charge on any atom is -0.396 e. The van der Waals surface area contributed by atoms with Crippen molar-refractivity contribution in [3.63, 3.8) is 0 Å². The van der Waals surface area contributed by atoms with Gasteiger partial charge in [0.25, 0.3) is 0 Å². The largest absolute Gasteiger partial charge is 0.396 e. The summed E-state index contributed by atoms with van der Waals surface area (Å²) in [6, 6.07) is 0. The molecule has 2 fully saturated rings. The van der Waals surface area contributed by atoms with E-state index in [0.717, 1.165) is 0 Å². The van der Waals surface area contributed by atoms with Crippen LogP contribution in [0.15, 0.2) is 0 Å². The lowest BCUT2D eigenvalue weighted by Gasteiger charge is -2.44. The highest BCUT2D eigenvalue weighted by Crippen LogP contribution is 2.41. The van der Waals surface area contributed by atoms with Gasteiger partial charge in [0.15, 0.2) is 5.79 Å². The number of rotatable bonds is 2. The average Bonchev–Trinajstić information content (AvgIpc) is 2.71. The van der Waals surface area contributed by atoms with Crippen molar-refractivity contribution in [2.24, 2.45) is 5.92 Å². The van der Waals surface area contributed by atoms with E-state index in [4.69, 9.17) is 14.2 Å². The molecule has 2 rings (SSSR count). The second-order valence-corrected chi connectivity index (χ2v) is 4.10. The van der Waals surface area contributed by atoms with Crippen LogP contribution in [0.4, 0.5) is 0 Å². The van der Waals surface area contributed by atoms with E-state index in [0.29, 0.717) is 26.1 Å². The van der Waals surface area contributed by atoms with Crippen molar-refractivity contribution in [3.05, 3.63) is 0 Å². The van der Waals surface area contributed by atoms with Crippen LogP contribution in [0.2, 0.25) is 0 Å². The molecule has 1 aliphatic carbocycles. The molecule has 1 heterocycles. The van der Waals surface area contributed by atoms with Crippen LogP contribution in [-0.4, -0.2) is 55.1 Å². The Kier molecular flexibility index (Phi) is 3.27. The quantitative estimate of drug-likeness (QED) is 0.654. The van der Waals surface area contributed by atoms with Gasteiger partial charge in [-0.3, -0.25) is 0 Å². The molecule has 0 aromatic rings. The molecule has 1 saturated heterocycles. The first-order valence-corrected chi connectivity index (χ1v) is 5.33. The average molecular weight is 218 g/mol. The molecule has 15 heavy (non-hydrogen) atoms. The molecule has 2 N–H and O–H groups in total. The number of hydrogen-bond donors (Lipinski definition) is 2. The van der Waals surface area contributed by atoms with E-state index in [9.17, 15) is 10.2 Å². The molecule has 5 nitrogen and oxygen atoms in total. The normalized spacial score (nSPS) is 39.8. The van der Waals surface area contributed by atoms with E-state index in [1.807, 2.05) is 0 Å². The van der Waals surface area contributed by atoms with Crippen molar-refractivity contribution in [2.75, 3.05) is 26.9 Å². The van der Waals surface area contributed by atoms with Crippen LogP contribution in [-0.2, 0) is 14.2 Å². The Balaban J connectivity index is 2.18. The summed E-state index contributed by atoms with van der Waals surface area (Å²) in [5.41, 5.74) is 0. The van der Waals surface area contributed by atoms with Crippen LogP contribution in [0.25, 0.3) is 0 Å². The molecule has 0 aromatic heterocycles. The molecule has 1 saturated carbocycles. The summed E-state index contributed by atoms with van der Waals surface area (Å²) < 4.78 is 16.4. The fraction of sp³-hybridized carbons (Fsp3) is 1.00. The van der Waals surface area contributed by atoms with Gasteiger partial charge in [0.05, 0.1) is 37.9 Å². The molecule has 88 valence electrons. The maximum Gasteiger partial charge on any atom is 0.176 e. The van der Waals surface area contributed by atoms with E-state index >= 15 is 0 Å². The van der Waals surface area contributed by atoms with E-state index in [2.05, 4.69) is 0 Å². The summed E-state index contributed by atoms with van der Waals surface area (Å²) >= 11 is 0. The molecule has 0 amide bonds. The lowest BCUT2D eigenvalue weighted by Crippen LogP contribution is -2.56. The van der Waals surface area contributed by atoms with E-state index < -0.39 is 18.0 Å². The molecular formula is C10H18O5. The number of hydrogen-bond acceptors (Lipinski definition) is 5. The van der Waals surface area contributed by atoms with E-state index in [-0.39, 0.29) is 12.5 Å². The topological polar surface area (TPSA) is 68.2 Å². The summed E-state index contributed by atoms with van der Waals surface area (Å²) in [5.74, 6) is -1.05. The maximum atomic E-state index is 9.77. The minimum atomic E-state index is -0.741. The molecule has 0 radical (unpaired) electrons. The predicted molar refractivity (Wildman–Crippen MR) is 51.2 cm³/mol. The van der Waals surface area contributed by atoms with Gasteiger partial charge in [0, 0.05) is 13.5 Å². The lowest BCUT2D eigenvalue weighted by molar-refractivity contribution is -0.264. The van der Waals surface area contributed by atoms with Gasteiger partial charge in [0.2, 0.25) is 0 Å². The first kappa shape index (κ1) is 11.3. The number of aliphatic hydroxyl groups is 2. The zero-order valence-electron chi connectivity index (χ0n) is 8.89. The Morgan fingerprint density at radius 3 is 2.60 bits per heavy atom. The van der Waals surface area contributed by atoms with Crippen LogP contribution < -0.4 is 0 Å². The third-order valence-corrected chi connectivity index (χ3v) is 3.37. The van der Waals surface area contributed by atoms with Gasteiger partial charge >= 0.3 is 0 Å². The van der Waals surface area contributed by atoms with Gasteiger partial charge in [-0.1, -0.05) is 0 Å². The second kappa shape index (κ2) is 4.35. The first-order valence-electron chi connectivity index (χ1n) is 5.33. The van der Waals surface area contributed by atoms with Crippen molar-refractivity contribution in [2.45, 2.75) is 30.8 Å². The molecule has 0 unspecified atom stereocenters. The van der Waals surface area contributed by atoms with Crippen molar-refractivity contribution in [3.8, 4) is 0 Å². The fourth-order valence-corrected chi connectivity index (χ4v) is 2.61. The van der Waals surface area contributed by atoms with Crippen LogP contribution in [0.1, 0.15) is 12.8 Å². The van der Waals surface area contributed by atoms with Crippen LogP contribution in [0.3, 0.4) is 0 Å². The zero-order valence-corrected chi connectivity index (χ0v) is 8.89. The molecule has 5 heteroatoms. The summed E-state index contributed by atoms with van der Waals surface area (Å²) in [5, 5.41) is 19.2. The molecule has 2 aliphatic rings. The van der Waals surface area contributed by atoms with Crippen LogP contribution in [0.5, 0.6) is 0 Å². The Hall–Kier alpha value is -0.200. The van der Waals surface area contributed by atoms with Gasteiger partial charge < -0.3 is 24.4 Å². The number of ether oxygens (including phenoxy) is 3. The Bertz CT molecular complexity index is 214.